The number of carbonyl (C=O) groups excluding carboxylic acids is 2. The van der Waals surface area contributed by atoms with Crippen LogP contribution in [0.25, 0.3) is 0 Å². The van der Waals surface area contributed by atoms with Gasteiger partial charge in [-0.3, -0.25) is 9.59 Å². The van der Waals surface area contributed by atoms with E-state index in [4.69, 9.17) is 4.74 Å². The maximum Gasteiger partial charge on any atom is 0.246 e. The standard InChI is InChI=1S/C18H18F2N2O3/c1-11(21-12(2)23)18(24)22-15-6-7-17(16(20)9-15)25-10-13-4-3-5-14(19)8-13/h3-9,11H,10H2,1-2H3,(H,21,23)(H,22,24)/t11-/m0/s1. The molecule has 0 aliphatic rings. The molecule has 0 aromatic heterocycles. The average molecular weight is 348 g/mol. The number of amides is 2. The number of anilines is 1. The van der Waals surface area contributed by atoms with E-state index in [1.807, 2.05) is 0 Å². The molecule has 0 spiro atoms. The van der Waals surface area contributed by atoms with Crippen LogP contribution in [0, 0.1) is 11.6 Å². The zero-order valence-electron chi connectivity index (χ0n) is 13.8. The molecule has 1 atom stereocenters. The minimum absolute atomic E-state index is 0.0138. The molecule has 0 fully saturated rings. The van der Waals surface area contributed by atoms with E-state index in [9.17, 15) is 18.4 Å². The average Bonchev–Trinajstić information content (AvgIpc) is 2.53. The van der Waals surface area contributed by atoms with Crippen LogP contribution in [0.3, 0.4) is 0 Å². The molecule has 0 saturated heterocycles. The number of nitrogens with one attached hydrogen (secondary N) is 2. The van der Waals surface area contributed by atoms with Gasteiger partial charge in [0.15, 0.2) is 11.6 Å². The maximum absolute atomic E-state index is 14.1. The highest BCUT2D eigenvalue weighted by Gasteiger charge is 2.14. The van der Waals surface area contributed by atoms with Crippen molar-refractivity contribution >= 4 is 17.5 Å². The van der Waals surface area contributed by atoms with Gasteiger partial charge in [0.2, 0.25) is 11.8 Å². The van der Waals surface area contributed by atoms with Gasteiger partial charge >= 0.3 is 0 Å². The van der Waals surface area contributed by atoms with Crippen LogP contribution in [-0.4, -0.2) is 17.9 Å². The van der Waals surface area contributed by atoms with E-state index in [1.54, 1.807) is 12.1 Å². The van der Waals surface area contributed by atoms with Crippen molar-refractivity contribution in [3.63, 3.8) is 0 Å². The largest absolute Gasteiger partial charge is 0.486 e. The first-order chi connectivity index (χ1) is 11.8. The third-order valence-electron chi connectivity index (χ3n) is 3.30. The summed E-state index contributed by atoms with van der Waals surface area (Å²) in [5, 5.41) is 4.93. The Morgan fingerprint density at radius 2 is 1.92 bits per heavy atom. The molecule has 2 aromatic carbocycles. The van der Waals surface area contributed by atoms with Crippen LogP contribution in [0.15, 0.2) is 42.5 Å². The SMILES string of the molecule is CC(=O)N[C@@H](C)C(=O)Nc1ccc(OCc2cccc(F)c2)c(F)c1. The number of hydrogen-bond donors (Lipinski definition) is 2. The fourth-order valence-corrected chi connectivity index (χ4v) is 2.10. The van der Waals surface area contributed by atoms with Crippen LogP contribution < -0.4 is 15.4 Å². The van der Waals surface area contributed by atoms with E-state index in [0.29, 0.717) is 5.56 Å². The normalized spacial score (nSPS) is 11.5. The fourth-order valence-electron chi connectivity index (χ4n) is 2.10. The molecule has 7 heteroatoms. The number of rotatable bonds is 6. The summed E-state index contributed by atoms with van der Waals surface area (Å²) in [5.74, 6) is -1.88. The van der Waals surface area contributed by atoms with Crippen molar-refractivity contribution in [3.05, 3.63) is 59.7 Å². The van der Waals surface area contributed by atoms with E-state index >= 15 is 0 Å². The monoisotopic (exact) mass is 348 g/mol. The lowest BCUT2D eigenvalue weighted by atomic mass is 10.2. The van der Waals surface area contributed by atoms with Gasteiger partial charge in [0.25, 0.3) is 0 Å². The molecule has 2 N–H and O–H groups in total. The summed E-state index contributed by atoms with van der Waals surface area (Å²) in [6.45, 7) is 2.83. The second-order valence-corrected chi connectivity index (χ2v) is 5.48. The summed E-state index contributed by atoms with van der Waals surface area (Å²) in [4.78, 5) is 22.8. The van der Waals surface area contributed by atoms with Gasteiger partial charge in [-0.2, -0.15) is 0 Å². The van der Waals surface area contributed by atoms with Gasteiger partial charge < -0.3 is 15.4 Å². The third kappa shape index (κ3) is 5.56. The van der Waals surface area contributed by atoms with Crippen molar-refractivity contribution in [2.24, 2.45) is 0 Å². The molecular formula is C18H18F2N2O3. The Morgan fingerprint density at radius 3 is 2.56 bits per heavy atom. The number of ether oxygens (including phenoxy) is 1. The maximum atomic E-state index is 14.1. The number of hydrogen-bond acceptors (Lipinski definition) is 3. The molecule has 2 aromatic rings. The smallest absolute Gasteiger partial charge is 0.246 e. The van der Waals surface area contributed by atoms with Gasteiger partial charge in [-0.25, -0.2) is 8.78 Å². The van der Waals surface area contributed by atoms with Gasteiger partial charge in [0.1, 0.15) is 18.5 Å². The lowest BCUT2D eigenvalue weighted by molar-refractivity contribution is -0.124. The van der Waals surface area contributed by atoms with E-state index in [-0.39, 0.29) is 24.0 Å². The Kier molecular flexibility index (Phi) is 6.05. The zero-order chi connectivity index (χ0) is 18.4. The van der Waals surface area contributed by atoms with Gasteiger partial charge in [0, 0.05) is 18.7 Å². The van der Waals surface area contributed by atoms with Crippen LogP contribution >= 0.6 is 0 Å². The molecule has 5 nitrogen and oxygen atoms in total. The van der Waals surface area contributed by atoms with Crippen molar-refractivity contribution < 1.29 is 23.1 Å². The third-order valence-corrected chi connectivity index (χ3v) is 3.30. The Morgan fingerprint density at radius 1 is 1.16 bits per heavy atom. The number of benzene rings is 2. The van der Waals surface area contributed by atoms with Gasteiger partial charge in [-0.05, 0) is 36.8 Å². The predicted molar refractivity (Wildman–Crippen MR) is 89.0 cm³/mol. The predicted octanol–water partition coefficient (Wildman–Crippen LogP) is 3.01. The first-order valence-corrected chi connectivity index (χ1v) is 7.60. The molecule has 0 saturated carbocycles. The molecule has 132 valence electrons. The van der Waals surface area contributed by atoms with Crippen LogP contribution in [0.2, 0.25) is 0 Å². The summed E-state index contributed by atoms with van der Waals surface area (Å²) in [6, 6.07) is 9.02. The van der Waals surface area contributed by atoms with Gasteiger partial charge in [-0.15, -0.1) is 0 Å². The van der Waals surface area contributed by atoms with Crippen LogP contribution in [0.5, 0.6) is 5.75 Å². The van der Waals surface area contributed by atoms with E-state index < -0.39 is 23.6 Å². The summed E-state index contributed by atoms with van der Waals surface area (Å²) in [6.07, 6.45) is 0. The lowest BCUT2D eigenvalue weighted by Gasteiger charge is -2.14. The Balaban J connectivity index is 1.98. The fraction of sp³-hybridized carbons (Fsp3) is 0.222. The Bertz CT molecular complexity index is 781. The molecule has 2 rings (SSSR count). The van der Waals surface area contributed by atoms with Crippen LogP contribution in [-0.2, 0) is 16.2 Å². The second-order valence-electron chi connectivity index (χ2n) is 5.48. The van der Waals surface area contributed by atoms with Crippen molar-refractivity contribution in [2.75, 3.05) is 5.32 Å². The minimum atomic E-state index is -0.746. The van der Waals surface area contributed by atoms with Crippen molar-refractivity contribution in [1.29, 1.82) is 0 Å². The van der Waals surface area contributed by atoms with Crippen molar-refractivity contribution in [1.82, 2.24) is 5.32 Å². The minimum Gasteiger partial charge on any atom is -0.486 e. The van der Waals surface area contributed by atoms with Crippen molar-refractivity contribution in [2.45, 2.75) is 26.5 Å². The second kappa shape index (κ2) is 8.23. The van der Waals surface area contributed by atoms with Crippen molar-refractivity contribution in [3.8, 4) is 5.75 Å². The molecule has 0 heterocycles. The van der Waals surface area contributed by atoms with E-state index in [2.05, 4.69) is 10.6 Å². The lowest BCUT2D eigenvalue weighted by Crippen LogP contribution is -2.40. The van der Waals surface area contributed by atoms with Gasteiger partial charge in [-0.1, -0.05) is 12.1 Å². The highest BCUT2D eigenvalue weighted by Crippen LogP contribution is 2.22. The molecule has 0 radical (unpaired) electrons. The van der Waals surface area contributed by atoms with Crippen LogP contribution in [0.4, 0.5) is 14.5 Å². The zero-order valence-corrected chi connectivity index (χ0v) is 13.8. The summed E-state index contributed by atoms with van der Waals surface area (Å²) >= 11 is 0. The summed E-state index contributed by atoms with van der Waals surface area (Å²) < 4.78 is 32.5. The Labute approximate surface area is 144 Å². The topological polar surface area (TPSA) is 67.4 Å². The highest BCUT2D eigenvalue weighted by molar-refractivity contribution is 5.96. The first kappa shape index (κ1) is 18.4. The quantitative estimate of drug-likeness (QED) is 0.843. The molecule has 0 aliphatic heterocycles. The molecule has 25 heavy (non-hydrogen) atoms. The first-order valence-electron chi connectivity index (χ1n) is 7.60. The molecule has 0 unspecified atom stereocenters. The van der Waals surface area contributed by atoms with E-state index in [0.717, 1.165) is 6.07 Å². The summed E-state index contributed by atoms with van der Waals surface area (Å²) in [5.41, 5.74) is 0.804. The van der Waals surface area contributed by atoms with E-state index in [1.165, 1.54) is 38.1 Å². The Hall–Kier alpha value is -2.96. The molecular weight excluding hydrogens is 330 g/mol. The summed E-state index contributed by atoms with van der Waals surface area (Å²) in [7, 11) is 0. The molecule has 2 amide bonds. The highest BCUT2D eigenvalue weighted by atomic mass is 19.1. The number of carbonyl (C=O) groups is 2. The molecule has 0 aliphatic carbocycles. The number of halogens is 2. The molecule has 0 bridgehead atoms. The van der Waals surface area contributed by atoms with Crippen LogP contribution in [0.1, 0.15) is 19.4 Å². The van der Waals surface area contributed by atoms with Gasteiger partial charge in [0.05, 0.1) is 0 Å².